The second kappa shape index (κ2) is 10.8. The number of thioether (sulfide) groups is 1. The molecule has 3 aromatic rings. The van der Waals surface area contributed by atoms with Crippen molar-refractivity contribution in [2.24, 2.45) is 5.92 Å². The fraction of sp³-hybridized carbons (Fsp3) is 0.348. The third kappa shape index (κ3) is 6.01. The number of hydrogen-bond donors (Lipinski definition) is 1. The molecule has 0 bridgehead atoms. The average Bonchev–Trinajstić information content (AvgIpc) is 3.13. The zero-order chi connectivity index (χ0) is 23.3. The van der Waals surface area contributed by atoms with Gasteiger partial charge in [-0.25, -0.2) is 4.39 Å². The number of amides is 1. The predicted molar refractivity (Wildman–Crippen MR) is 126 cm³/mol. The maximum absolute atomic E-state index is 14.0. The van der Waals surface area contributed by atoms with Gasteiger partial charge in [-0.2, -0.15) is 0 Å². The van der Waals surface area contributed by atoms with Crippen molar-refractivity contribution in [3.63, 3.8) is 0 Å². The van der Waals surface area contributed by atoms with Gasteiger partial charge in [-0.1, -0.05) is 55.4 Å². The molecule has 0 radical (unpaired) electrons. The molecule has 0 aliphatic rings. The lowest BCUT2D eigenvalue weighted by atomic mass is 10.2. The number of halogens is 2. The van der Waals surface area contributed by atoms with Crippen LogP contribution in [0.3, 0.4) is 0 Å². The number of nitrogens with one attached hydrogen (secondary N) is 1. The highest BCUT2D eigenvalue weighted by Crippen LogP contribution is 2.27. The fourth-order valence-corrected chi connectivity index (χ4v) is 4.02. The molecule has 1 amide bonds. The summed E-state index contributed by atoms with van der Waals surface area (Å²) in [4.78, 5) is 12.5. The van der Waals surface area contributed by atoms with Crippen LogP contribution in [0.15, 0.2) is 47.6 Å². The Bertz CT molecular complexity index is 1090. The molecule has 9 heteroatoms. The molecule has 2 aromatic carbocycles. The van der Waals surface area contributed by atoms with E-state index in [0.29, 0.717) is 34.2 Å². The first-order chi connectivity index (χ1) is 15.3. The van der Waals surface area contributed by atoms with Gasteiger partial charge in [0, 0.05) is 17.3 Å². The number of ether oxygens (including phenoxy) is 1. The molecule has 0 saturated heterocycles. The Balaban J connectivity index is 1.72. The van der Waals surface area contributed by atoms with E-state index in [0.717, 1.165) is 5.56 Å². The van der Waals surface area contributed by atoms with Gasteiger partial charge < -0.3 is 14.6 Å². The predicted octanol–water partition coefficient (Wildman–Crippen LogP) is 5.91. The second-order valence-electron chi connectivity index (χ2n) is 7.78. The van der Waals surface area contributed by atoms with Crippen LogP contribution in [-0.4, -0.2) is 26.4 Å². The first-order valence-electron chi connectivity index (χ1n) is 10.3. The SMILES string of the molecule is Cc1c(Cl)cccc1NC(=O)CSc1nnc(C(C)Oc2ccccc2F)n1CC(C)C. The van der Waals surface area contributed by atoms with Crippen LogP contribution in [0.25, 0.3) is 0 Å². The van der Waals surface area contributed by atoms with Crippen LogP contribution in [0.2, 0.25) is 5.02 Å². The second-order valence-corrected chi connectivity index (χ2v) is 9.13. The van der Waals surface area contributed by atoms with Crippen LogP contribution < -0.4 is 10.1 Å². The van der Waals surface area contributed by atoms with E-state index in [4.69, 9.17) is 16.3 Å². The average molecular weight is 477 g/mol. The molecule has 0 fully saturated rings. The summed E-state index contributed by atoms with van der Waals surface area (Å²) in [5, 5.41) is 12.6. The van der Waals surface area contributed by atoms with Gasteiger partial charge in [0.25, 0.3) is 0 Å². The molecule has 6 nitrogen and oxygen atoms in total. The van der Waals surface area contributed by atoms with Crippen molar-refractivity contribution < 1.29 is 13.9 Å². The van der Waals surface area contributed by atoms with Gasteiger partial charge in [0.2, 0.25) is 5.91 Å². The Kier molecular flexibility index (Phi) is 8.15. The molecule has 32 heavy (non-hydrogen) atoms. The third-order valence-electron chi connectivity index (χ3n) is 4.67. The Hall–Kier alpha value is -2.58. The normalized spacial score (nSPS) is 12.1. The van der Waals surface area contributed by atoms with Crippen LogP contribution >= 0.6 is 23.4 Å². The Labute approximate surface area is 196 Å². The highest BCUT2D eigenvalue weighted by atomic mass is 35.5. The topological polar surface area (TPSA) is 69.0 Å². The summed E-state index contributed by atoms with van der Waals surface area (Å²) in [5.74, 6) is 0.603. The molecule has 1 aromatic heterocycles. The largest absolute Gasteiger partial charge is 0.480 e. The van der Waals surface area contributed by atoms with Crippen LogP contribution in [-0.2, 0) is 11.3 Å². The summed E-state index contributed by atoms with van der Waals surface area (Å²) in [6.07, 6.45) is -0.518. The number of para-hydroxylation sites is 1. The number of carbonyl (C=O) groups excluding carboxylic acids is 1. The van der Waals surface area contributed by atoms with Crippen molar-refractivity contribution in [1.82, 2.24) is 14.8 Å². The fourth-order valence-electron chi connectivity index (χ4n) is 3.09. The highest BCUT2D eigenvalue weighted by molar-refractivity contribution is 7.99. The first-order valence-corrected chi connectivity index (χ1v) is 11.6. The Morgan fingerprint density at radius 1 is 1.19 bits per heavy atom. The van der Waals surface area contributed by atoms with Crippen molar-refractivity contribution in [2.45, 2.75) is 45.5 Å². The number of nitrogens with zero attached hydrogens (tertiary/aromatic N) is 3. The van der Waals surface area contributed by atoms with E-state index < -0.39 is 11.9 Å². The summed E-state index contributed by atoms with van der Waals surface area (Å²) in [6.45, 7) is 8.46. The lowest BCUT2D eigenvalue weighted by molar-refractivity contribution is -0.113. The lowest BCUT2D eigenvalue weighted by Gasteiger charge is -2.18. The van der Waals surface area contributed by atoms with E-state index in [-0.39, 0.29) is 17.4 Å². The number of carbonyl (C=O) groups is 1. The minimum absolute atomic E-state index is 0.157. The van der Waals surface area contributed by atoms with E-state index in [1.807, 2.05) is 17.6 Å². The van der Waals surface area contributed by atoms with Gasteiger partial charge in [-0.3, -0.25) is 4.79 Å². The van der Waals surface area contributed by atoms with E-state index >= 15 is 0 Å². The van der Waals surface area contributed by atoms with Crippen LogP contribution in [0.4, 0.5) is 10.1 Å². The maximum Gasteiger partial charge on any atom is 0.234 e. The first kappa shape index (κ1) is 24.1. The van der Waals surface area contributed by atoms with E-state index in [9.17, 15) is 9.18 Å². The minimum atomic E-state index is -0.518. The van der Waals surface area contributed by atoms with Crippen molar-refractivity contribution in [1.29, 1.82) is 0 Å². The molecular weight excluding hydrogens is 451 g/mol. The number of hydrogen-bond acceptors (Lipinski definition) is 5. The third-order valence-corrected chi connectivity index (χ3v) is 6.05. The summed E-state index contributed by atoms with van der Waals surface area (Å²) < 4.78 is 21.7. The zero-order valence-corrected chi connectivity index (χ0v) is 20.0. The maximum atomic E-state index is 14.0. The molecule has 3 rings (SSSR count). The van der Waals surface area contributed by atoms with Gasteiger partial charge in [-0.15, -0.1) is 10.2 Å². The molecule has 1 atom stereocenters. The van der Waals surface area contributed by atoms with Gasteiger partial charge in [0.1, 0.15) is 0 Å². The van der Waals surface area contributed by atoms with Crippen molar-refractivity contribution in [3.8, 4) is 5.75 Å². The number of rotatable bonds is 9. The van der Waals surface area contributed by atoms with E-state index in [1.165, 1.54) is 17.8 Å². The molecular formula is C23H26ClFN4O2S. The smallest absolute Gasteiger partial charge is 0.234 e. The van der Waals surface area contributed by atoms with Gasteiger partial charge in [-0.05, 0) is 49.6 Å². The van der Waals surface area contributed by atoms with Crippen molar-refractivity contribution in [3.05, 3.63) is 64.7 Å². The van der Waals surface area contributed by atoms with Gasteiger partial charge in [0.15, 0.2) is 28.7 Å². The standard InChI is InChI=1S/C23H26ClFN4O2S/c1-14(2)12-29-22(16(4)31-20-11-6-5-9-18(20)25)27-28-23(29)32-13-21(30)26-19-10-7-8-17(24)15(19)3/h5-11,14,16H,12-13H2,1-4H3,(H,26,30). The van der Waals surface area contributed by atoms with Crippen LogP contribution in [0, 0.1) is 18.7 Å². The number of benzene rings is 2. The highest BCUT2D eigenvalue weighted by Gasteiger charge is 2.22. The molecule has 0 aliphatic heterocycles. The Morgan fingerprint density at radius 2 is 1.94 bits per heavy atom. The Morgan fingerprint density at radius 3 is 2.66 bits per heavy atom. The van der Waals surface area contributed by atoms with Gasteiger partial charge >= 0.3 is 0 Å². The van der Waals surface area contributed by atoms with E-state index in [1.54, 1.807) is 37.3 Å². The van der Waals surface area contributed by atoms with Crippen LogP contribution in [0.5, 0.6) is 5.75 Å². The molecule has 0 spiro atoms. The van der Waals surface area contributed by atoms with Crippen molar-refractivity contribution in [2.75, 3.05) is 11.1 Å². The molecule has 0 saturated carbocycles. The summed E-state index contributed by atoms with van der Waals surface area (Å²) in [6, 6.07) is 11.6. The van der Waals surface area contributed by atoms with Crippen molar-refractivity contribution >= 4 is 35.0 Å². The monoisotopic (exact) mass is 476 g/mol. The minimum Gasteiger partial charge on any atom is -0.480 e. The molecule has 0 aliphatic carbocycles. The lowest BCUT2D eigenvalue weighted by Crippen LogP contribution is -2.17. The molecule has 1 unspecified atom stereocenters. The number of aromatic nitrogens is 3. The number of anilines is 1. The zero-order valence-electron chi connectivity index (χ0n) is 18.4. The summed E-state index contributed by atoms with van der Waals surface area (Å²) in [5.41, 5.74) is 1.50. The van der Waals surface area contributed by atoms with Crippen LogP contribution in [0.1, 0.15) is 38.3 Å². The summed E-state index contributed by atoms with van der Waals surface area (Å²) >= 11 is 7.41. The molecule has 1 N–H and O–H groups in total. The molecule has 1 heterocycles. The quantitative estimate of drug-likeness (QED) is 0.389. The van der Waals surface area contributed by atoms with Gasteiger partial charge in [0.05, 0.1) is 5.75 Å². The summed E-state index contributed by atoms with van der Waals surface area (Å²) in [7, 11) is 0. The molecule has 170 valence electrons. The van der Waals surface area contributed by atoms with E-state index in [2.05, 4.69) is 29.4 Å².